The van der Waals surface area contributed by atoms with Crippen LogP contribution in [0.2, 0.25) is 0 Å². The van der Waals surface area contributed by atoms with Crippen LogP contribution in [0.4, 0.5) is 61.7 Å². The number of ether oxygens (including phenoxy) is 6. The Morgan fingerprint density at radius 2 is 0.895 bits per heavy atom. The second-order valence-corrected chi connectivity index (χ2v) is 18.5. The number of hydrogen-bond donors (Lipinski definition) is 2. The van der Waals surface area contributed by atoms with E-state index in [1.165, 1.54) is 39.8 Å². The molecule has 21 nitrogen and oxygen atoms in total. The first-order valence-corrected chi connectivity index (χ1v) is 25.0. The number of halogens is 3. The highest BCUT2D eigenvalue weighted by molar-refractivity contribution is 6.21. The Labute approximate surface area is 435 Å². The molecule has 4 aromatic carbocycles. The van der Waals surface area contributed by atoms with E-state index in [1.54, 1.807) is 60.7 Å². The largest absolute Gasteiger partial charge is 0.443 e. The molecule has 6 amide bonds. The summed E-state index contributed by atoms with van der Waals surface area (Å²) in [5, 5.41) is 2.61. The van der Waals surface area contributed by atoms with Gasteiger partial charge in [-0.05, 0) is 66.7 Å². The van der Waals surface area contributed by atoms with Crippen molar-refractivity contribution in [3.05, 3.63) is 107 Å². The standard InChI is InChI=1S/C22H20FN3O5.C16H20FN3O4.C14H18FN3O3/c23-18-11-14(5-6-19(18)24-7-9-30-10-8-24)25-12-15(31-22(25)29)13-26-20(27)16-3-1-2-4-17(16)21(26)28;1-11(21)18-9-13-10-20(16(22)24-13)12-2-3-15(14(17)8-12)19-4-6-23-7-5-19;15-12-7-10(18-9-11(8-16)21-14(18)19)1-2-13(12)17-3-5-20-6-4-17/h1-6,11,15H,7-10,12-13H2;2-3,8,13H,4-7,9-10H2,1H3,(H,18,21);1-2,7,11H,3-6,8-9,16H2/t15-;13-;11-/m100/s1. The summed E-state index contributed by atoms with van der Waals surface area (Å²) in [6.07, 6.45) is -3.13. The molecule has 24 heteroatoms. The van der Waals surface area contributed by atoms with Crippen LogP contribution < -0.4 is 40.4 Å². The number of carbonyl (C=O) groups excluding carboxylic acids is 6. The summed E-state index contributed by atoms with van der Waals surface area (Å²) in [7, 11) is 0. The molecule has 6 saturated heterocycles. The van der Waals surface area contributed by atoms with Crippen molar-refractivity contribution in [2.24, 2.45) is 5.73 Å². The lowest BCUT2D eigenvalue weighted by Gasteiger charge is -2.29. The molecule has 0 aromatic heterocycles. The molecule has 7 aliphatic rings. The van der Waals surface area contributed by atoms with E-state index in [4.69, 9.17) is 34.2 Å². The number of anilines is 6. The third kappa shape index (κ3) is 12.0. The van der Waals surface area contributed by atoms with Crippen molar-refractivity contribution in [3.63, 3.8) is 0 Å². The molecule has 404 valence electrons. The third-order valence-corrected chi connectivity index (χ3v) is 13.5. The number of cyclic esters (lactones) is 3. The number of imide groups is 1. The minimum absolute atomic E-state index is 0.0526. The molecule has 4 aromatic rings. The molecule has 0 spiro atoms. The van der Waals surface area contributed by atoms with E-state index in [2.05, 4.69) is 5.32 Å². The van der Waals surface area contributed by atoms with Crippen molar-refractivity contribution in [2.45, 2.75) is 25.2 Å². The van der Waals surface area contributed by atoms with E-state index in [0.717, 1.165) is 4.90 Å². The molecule has 0 aliphatic carbocycles. The topological polar surface area (TPSA) is 219 Å². The van der Waals surface area contributed by atoms with Crippen molar-refractivity contribution in [1.82, 2.24) is 10.2 Å². The Bertz CT molecular complexity index is 2780. The molecule has 11 rings (SSSR count). The van der Waals surface area contributed by atoms with Gasteiger partial charge in [-0.1, -0.05) is 12.1 Å². The summed E-state index contributed by atoms with van der Waals surface area (Å²) in [6, 6.07) is 20.7. The number of amides is 6. The summed E-state index contributed by atoms with van der Waals surface area (Å²) < 4.78 is 74.9. The van der Waals surface area contributed by atoms with E-state index in [-0.39, 0.29) is 56.4 Å². The van der Waals surface area contributed by atoms with E-state index in [9.17, 15) is 41.9 Å². The first-order valence-electron chi connectivity index (χ1n) is 25.0. The van der Waals surface area contributed by atoms with Gasteiger partial charge < -0.3 is 54.2 Å². The van der Waals surface area contributed by atoms with Gasteiger partial charge in [-0.3, -0.25) is 34.0 Å². The van der Waals surface area contributed by atoms with Crippen molar-refractivity contribution in [1.29, 1.82) is 0 Å². The van der Waals surface area contributed by atoms with Gasteiger partial charge in [-0.15, -0.1) is 0 Å². The molecule has 0 bridgehead atoms. The highest BCUT2D eigenvalue weighted by Gasteiger charge is 2.41. The number of nitrogens with two attached hydrogens (primary N) is 1. The molecule has 76 heavy (non-hydrogen) atoms. The smallest absolute Gasteiger partial charge is 0.414 e. The predicted octanol–water partition coefficient (Wildman–Crippen LogP) is 4.35. The highest BCUT2D eigenvalue weighted by atomic mass is 19.1. The van der Waals surface area contributed by atoms with Crippen LogP contribution in [0.25, 0.3) is 0 Å². The fraction of sp³-hybridized carbons (Fsp3) is 0.423. The Morgan fingerprint density at radius 3 is 1.25 bits per heavy atom. The zero-order chi connectivity index (χ0) is 53.5. The number of fused-ring (bicyclic) bond motifs is 1. The number of rotatable bonds is 11. The molecule has 0 radical (unpaired) electrons. The number of hydrogen-bond acceptors (Lipinski definition) is 16. The Kier molecular flexibility index (Phi) is 16.7. The van der Waals surface area contributed by atoms with Gasteiger partial charge in [-0.2, -0.15) is 0 Å². The zero-order valence-electron chi connectivity index (χ0n) is 41.7. The van der Waals surface area contributed by atoms with Gasteiger partial charge in [0.1, 0.15) is 35.8 Å². The van der Waals surface area contributed by atoms with Crippen LogP contribution >= 0.6 is 0 Å². The quantitative estimate of drug-likeness (QED) is 0.158. The van der Waals surface area contributed by atoms with Gasteiger partial charge in [0.15, 0.2) is 0 Å². The lowest BCUT2D eigenvalue weighted by molar-refractivity contribution is -0.119. The van der Waals surface area contributed by atoms with Crippen molar-refractivity contribution in [3.8, 4) is 0 Å². The van der Waals surface area contributed by atoms with Crippen LogP contribution in [0.5, 0.6) is 0 Å². The summed E-state index contributed by atoms with van der Waals surface area (Å²) >= 11 is 0. The maximum absolute atomic E-state index is 14.7. The van der Waals surface area contributed by atoms with Gasteiger partial charge in [0.25, 0.3) is 11.8 Å². The van der Waals surface area contributed by atoms with Gasteiger partial charge in [0, 0.05) is 52.7 Å². The van der Waals surface area contributed by atoms with E-state index in [0.29, 0.717) is 131 Å². The van der Waals surface area contributed by atoms with E-state index in [1.807, 2.05) is 14.7 Å². The molecular formula is C52H58F3N9O12. The Balaban J connectivity index is 0.000000142. The van der Waals surface area contributed by atoms with E-state index < -0.39 is 48.1 Å². The minimum atomic E-state index is -0.698. The average Bonchev–Trinajstić information content (AvgIpc) is 4.20. The molecule has 3 atom stereocenters. The van der Waals surface area contributed by atoms with Gasteiger partial charge in [-0.25, -0.2) is 27.6 Å². The predicted molar refractivity (Wildman–Crippen MR) is 271 cm³/mol. The molecule has 7 aliphatic heterocycles. The molecule has 0 saturated carbocycles. The van der Waals surface area contributed by atoms with Crippen LogP contribution in [-0.4, -0.2) is 177 Å². The van der Waals surface area contributed by atoms with Gasteiger partial charge in [0.2, 0.25) is 5.91 Å². The van der Waals surface area contributed by atoms with Crippen molar-refractivity contribution in [2.75, 3.05) is 148 Å². The highest BCUT2D eigenvalue weighted by Crippen LogP contribution is 2.32. The Hall–Kier alpha value is -7.67. The summed E-state index contributed by atoms with van der Waals surface area (Å²) in [4.78, 5) is 83.1. The molecular weight excluding hydrogens is 1000 g/mol. The van der Waals surface area contributed by atoms with Crippen LogP contribution in [0.15, 0.2) is 78.9 Å². The number of benzene rings is 4. The number of nitrogens with zero attached hydrogens (tertiary/aromatic N) is 7. The molecule has 0 unspecified atom stereocenters. The maximum Gasteiger partial charge on any atom is 0.414 e. The normalized spacial score (nSPS) is 21.4. The van der Waals surface area contributed by atoms with Crippen LogP contribution in [0.1, 0.15) is 27.6 Å². The van der Waals surface area contributed by atoms with Crippen LogP contribution in [0, 0.1) is 17.5 Å². The fourth-order valence-electron chi connectivity index (χ4n) is 9.56. The summed E-state index contributed by atoms with van der Waals surface area (Å²) in [5.74, 6) is -2.17. The fourth-order valence-corrected chi connectivity index (χ4v) is 9.56. The molecule has 7 heterocycles. The minimum Gasteiger partial charge on any atom is -0.443 e. The second-order valence-electron chi connectivity index (χ2n) is 18.5. The zero-order valence-corrected chi connectivity index (χ0v) is 41.7. The number of nitrogens with one attached hydrogen (secondary N) is 1. The monoisotopic (exact) mass is 1060 g/mol. The Morgan fingerprint density at radius 1 is 0.539 bits per heavy atom. The van der Waals surface area contributed by atoms with Crippen molar-refractivity contribution >= 4 is 70.1 Å². The maximum atomic E-state index is 14.7. The van der Waals surface area contributed by atoms with Crippen molar-refractivity contribution < 1.29 is 70.4 Å². The molecule has 6 fully saturated rings. The first kappa shape index (κ1) is 53.2. The average molecular weight is 1060 g/mol. The van der Waals surface area contributed by atoms with Gasteiger partial charge >= 0.3 is 18.3 Å². The summed E-state index contributed by atoms with van der Waals surface area (Å²) in [5.41, 5.74) is 8.97. The van der Waals surface area contributed by atoms with E-state index >= 15 is 0 Å². The van der Waals surface area contributed by atoms with Crippen LogP contribution in [0.3, 0.4) is 0 Å². The van der Waals surface area contributed by atoms with Gasteiger partial charge in [0.05, 0.1) is 118 Å². The first-order chi connectivity index (χ1) is 36.8. The third-order valence-electron chi connectivity index (χ3n) is 13.5. The SMILES string of the molecule is CC(=O)NC[C@H]1CN(c2ccc(N3CCOCC3)c(F)c2)C(=O)O1.NC[C@H]1CN(c2ccc(N3CCOCC3)c(F)c2)C(=O)O1.O=C1c2ccccc2C(=O)N1C[C@H]1CN(c2ccc(N3CCOCC3)c(F)c2)C(=O)O1. The lowest BCUT2D eigenvalue weighted by Crippen LogP contribution is -2.38. The van der Waals surface area contributed by atoms with Crippen LogP contribution in [-0.2, 0) is 33.2 Å². The number of morpholine rings is 3. The summed E-state index contributed by atoms with van der Waals surface area (Å²) in [6.45, 7) is 9.82. The number of carbonyl (C=O) groups is 6. The lowest BCUT2D eigenvalue weighted by atomic mass is 10.1. The second kappa shape index (κ2) is 23.9. The molecule has 3 N–H and O–H groups in total.